The molecule has 13 heteroatoms. The molecule has 170 valence electrons. The Morgan fingerprint density at radius 3 is 2.72 bits per heavy atom. The topological polar surface area (TPSA) is 138 Å². The lowest BCUT2D eigenvalue weighted by atomic mass is 9.98. The molecule has 1 aromatic carbocycles. The zero-order valence-corrected chi connectivity index (χ0v) is 18.4. The van der Waals surface area contributed by atoms with Crippen molar-refractivity contribution < 1.29 is 28.8 Å². The summed E-state index contributed by atoms with van der Waals surface area (Å²) in [6.07, 6.45) is 0. The second kappa shape index (κ2) is 10.9. The van der Waals surface area contributed by atoms with Gasteiger partial charge in [0.2, 0.25) is 5.91 Å². The highest BCUT2D eigenvalue weighted by Crippen LogP contribution is 2.23. The number of alkyl halides is 1. The lowest BCUT2D eigenvalue weighted by molar-refractivity contribution is -0.153. The second-order valence-electron chi connectivity index (χ2n) is 6.55. The Balaban J connectivity index is 1.78. The SMILES string of the molecule is COC(=O)C1NC(=O)C1NC(=O)C(=NOCc1ccccc1)C1=CSCN1NC(=O)CCl. The van der Waals surface area contributed by atoms with E-state index in [4.69, 9.17) is 16.4 Å². The standard InChI is InChI=1S/C19H20ClN5O6S/c1-30-19(29)16-15(18(28)22-16)21-17(27)14(24-31-8-11-5-3-2-4-6-11)12-9-32-10-25(12)23-13(26)7-20/h2-6,9,15-16H,7-8,10H2,1H3,(H,21,27)(H,22,28)(H,23,26). The molecular weight excluding hydrogens is 462 g/mol. The molecule has 2 heterocycles. The molecule has 32 heavy (non-hydrogen) atoms. The highest BCUT2D eigenvalue weighted by molar-refractivity contribution is 8.02. The predicted octanol–water partition coefficient (Wildman–Crippen LogP) is -0.167. The summed E-state index contributed by atoms with van der Waals surface area (Å²) in [5, 5.41) is 11.8. The van der Waals surface area contributed by atoms with Gasteiger partial charge in [0.15, 0.2) is 11.8 Å². The number of carbonyl (C=O) groups excluding carboxylic acids is 4. The number of nitrogens with one attached hydrogen (secondary N) is 3. The Hall–Kier alpha value is -3.25. The minimum atomic E-state index is -1.13. The molecule has 0 aliphatic carbocycles. The van der Waals surface area contributed by atoms with Crippen LogP contribution in [0.5, 0.6) is 0 Å². The van der Waals surface area contributed by atoms with E-state index in [1.807, 2.05) is 30.3 Å². The molecule has 11 nitrogen and oxygen atoms in total. The number of amides is 3. The number of methoxy groups -OCH3 is 1. The molecule has 0 saturated carbocycles. The van der Waals surface area contributed by atoms with Crippen LogP contribution in [0, 0.1) is 0 Å². The number of halogens is 1. The molecule has 1 fully saturated rings. The van der Waals surface area contributed by atoms with Gasteiger partial charge in [0.1, 0.15) is 18.5 Å². The van der Waals surface area contributed by atoms with Crippen LogP contribution < -0.4 is 16.1 Å². The van der Waals surface area contributed by atoms with Gasteiger partial charge in [0, 0.05) is 5.41 Å². The Labute approximate surface area is 192 Å². The van der Waals surface area contributed by atoms with E-state index in [0.29, 0.717) is 5.88 Å². The molecule has 2 atom stereocenters. The Morgan fingerprint density at radius 2 is 2.06 bits per heavy atom. The molecule has 1 aromatic rings. The van der Waals surface area contributed by atoms with Crippen LogP contribution in [0.1, 0.15) is 5.56 Å². The molecule has 2 unspecified atom stereocenters. The van der Waals surface area contributed by atoms with Crippen molar-refractivity contribution in [2.75, 3.05) is 18.9 Å². The van der Waals surface area contributed by atoms with Crippen molar-refractivity contribution >= 4 is 52.8 Å². The third kappa shape index (κ3) is 5.51. The molecular formula is C19H20ClN5O6S. The third-order valence-electron chi connectivity index (χ3n) is 4.41. The number of esters is 1. The molecule has 0 bridgehead atoms. The van der Waals surface area contributed by atoms with Crippen LogP contribution in [0.2, 0.25) is 0 Å². The molecule has 2 aliphatic heterocycles. The monoisotopic (exact) mass is 481 g/mol. The summed E-state index contributed by atoms with van der Waals surface area (Å²) in [7, 11) is 1.17. The first kappa shape index (κ1) is 23.4. The number of hydrazine groups is 1. The fraction of sp³-hybridized carbons (Fsp3) is 0.316. The van der Waals surface area contributed by atoms with Gasteiger partial charge in [-0.25, -0.2) is 4.79 Å². The molecule has 0 aromatic heterocycles. The minimum absolute atomic E-state index is 0.0841. The second-order valence-corrected chi connectivity index (χ2v) is 7.65. The van der Waals surface area contributed by atoms with Crippen molar-refractivity contribution in [3.63, 3.8) is 0 Å². The van der Waals surface area contributed by atoms with Crippen LogP contribution in [-0.2, 0) is 35.4 Å². The lowest BCUT2D eigenvalue weighted by Crippen LogP contribution is -2.72. The van der Waals surface area contributed by atoms with E-state index < -0.39 is 35.8 Å². The normalized spacial score (nSPS) is 19.9. The van der Waals surface area contributed by atoms with E-state index in [1.54, 1.807) is 5.41 Å². The van der Waals surface area contributed by atoms with Crippen LogP contribution in [0.3, 0.4) is 0 Å². The van der Waals surface area contributed by atoms with Crippen molar-refractivity contribution in [1.82, 2.24) is 21.1 Å². The van der Waals surface area contributed by atoms with Gasteiger partial charge < -0.3 is 20.2 Å². The third-order valence-corrected chi connectivity index (χ3v) is 5.45. The van der Waals surface area contributed by atoms with E-state index in [9.17, 15) is 19.2 Å². The Morgan fingerprint density at radius 1 is 1.31 bits per heavy atom. The number of rotatable bonds is 9. The number of ether oxygens (including phenoxy) is 1. The van der Waals surface area contributed by atoms with Crippen molar-refractivity contribution in [2.24, 2.45) is 5.16 Å². The van der Waals surface area contributed by atoms with Crippen molar-refractivity contribution in [2.45, 2.75) is 18.7 Å². The summed E-state index contributed by atoms with van der Waals surface area (Å²) < 4.78 is 4.62. The number of carbonyl (C=O) groups is 4. The summed E-state index contributed by atoms with van der Waals surface area (Å²) in [6.45, 7) is 0.0841. The highest BCUT2D eigenvalue weighted by atomic mass is 35.5. The Kier molecular flexibility index (Phi) is 7.95. The first-order valence-corrected chi connectivity index (χ1v) is 10.9. The van der Waals surface area contributed by atoms with Gasteiger partial charge in [0.05, 0.1) is 18.7 Å². The zero-order chi connectivity index (χ0) is 23.1. The predicted molar refractivity (Wildman–Crippen MR) is 116 cm³/mol. The van der Waals surface area contributed by atoms with Crippen LogP contribution in [-0.4, -0.2) is 65.4 Å². The number of nitrogens with zero attached hydrogens (tertiary/aromatic N) is 2. The summed E-state index contributed by atoms with van der Waals surface area (Å²) in [4.78, 5) is 53.8. The molecule has 2 aliphatic rings. The fourth-order valence-corrected chi connectivity index (χ4v) is 3.68. The van der Waals surface area contributed by atoms with Crippen LogP contribution in [0.25, 0.3) is 0 Å². The smallest absolute Gasteiger partial charge is 0.331 e. The average molecular weight is 482 g/mol. The summed E-state index contributed by atoms with van der Waals surface area (Å²) in [6, 6.07) is 7.02. The van der Waals surface area contributed by atoms with Crippen LogP contribution in [0.4, 0.5) is 0 Å². The summed E-state index contributed by atoms with van der Waals surface area (Å²) in [5.74, 6) is -2.46. The lowest BCUT2D eigenvalue weighted by Gasteiger charge is -2.34. The van der Waals surface area contributed by atoms with Gasteiger partial charge in [-0.05, 0) is 5.56 Å². The van der Waals surface area contributed by atoms with Crippen molar-refractivity contribution in [1.29, 1.82) is 0 Å². The number of hydrogen-bond donors (Lipinski definition) is 3. The molecule has 0 spiro atoms. The number of benzene rings is 1. The number of hydrogen-bond acceptors (Lipinski definition) is 9. The number of thioether (sulfide) groups is 1. The van der Waals surface area contributed by atoms with E-state index in [1.165, 1.54) is 23.9 Å². The van der Waals surface area contributed by atoms with Gasteiger partial charge >= 0.3 is 5.97 Å². The first-order chi connectivity index (χ1) is 15.4. The first-order valence-electron chi connectivity index (χ1n) is 9.32. The maximum Gasteiger partial charge on any atom is 0.331 e. The molecule has 3 N–H and O–H groups in total. The van der Waals surface area contributed by atoms with Gasteiger partial charge in [-0.3, -0.25) is 24.8 Å². The van der Waals surface area contributed by atoms with Gasteiger partial charge in [0.25, 0.3) is 11.8 Å². The number of β-lactam (4-membered cyclic amide) rings is 1. The maximum atomic E-state index is 13.0. The van der Waals surface area contributed by atoms with Gasteiger partial charge in [-0.2, -0.15) is 0 Å². The van der Waals surface area contributed by atoms with Crippen LogP contribution >= 0.6 is 23.4 Å². The van der Waals surface area contributed by atoms with Crippen molar-refractivity contribution in [3.05, 3.63) is 47.0 Å². The van der Waals surface area contributed by atoms with E-state index in [0.717, 1.165) is 5.56 Å². The van der Waals surface area contributed by atoms with E-state index in [-0.39, 0.29) is 23.9 Å². The van der Waals surface area contributed by atoms with Gasteiger partial charge in [-0.15, -0.1) is 23.4 Å². The average Bonchev–Trinajstić information content (AvgIpc) is 3.26. The molecule has 3 rings (SSSR count). The quantitative estimate of drug-likeness (QED) is 0.145. The highest BCUT2D eigenvalue weighted by Gasteiger charge is 2.46. The number of oxime groups is 1. The van der Waals surface area contributed by atoms with E-state index >= 15 is 0 Å². The maximum absolute atomic E-state index is 13.0. The van der Waals surface area contributed by atoms with Crippen LogP contribution in [0.15, 0.2) is 46.6 Å². The van der Waals surface area contributed by atoms with E-state index in [2.05, 4.69) is 26.0 Å². The zero-order valence-electron chi connectivity index (χ0n) is 16.9. The fourth-order valence-electron chi connectivity index (χ4n) is 2.79. The summed E-state index contributed by atoms with van der Waals surface area (Å²) in [5.41, 5.74) is 3.43. The Bertz CT molecular complexity index is 957. The summed E-state index contributed by atoms with van der Waals surface area (Å²) >= 11 is 6.86. The molecule has 0 radical (unpaired) electrons. The van der Waals surface area contributed by atoms with Gasteiger partial charge in [-0.1, -0.05) is 35.5 Å². The molecule has 1 saturated heterocycles. The molecule has 3 amide bonds. The van der Waals surface area contributed by atoms with Crippen molar-refractivity contribution in [3.8, 4) is 0 Å². The largest absolute Gasteiger partial charge is 0.467 e. The minimum Gasteiger partial charge on any atom is -0.467 e.